The third-order valence-electron chi connectivity index (χ3n) is 8.26. The zero-order valence-corrected chi connectivity index (χ0v) is 27.3. The predicted molar refractivity (Wildman–Crippen MR) is 183 cm³/mol. The van der Waals surface area contributed by atoms with Crippen molar-refractivity contribution in [2.24, 2.45) is 0 Å². The summed E-state index contributed by atoms with van der Waals surface area (Å²) in [5.74, 6) is 0. The molecule has 46 heavy (non-hydrogen) atoms. The van der Waals surface area contributed by atoms with Crippen LogP contribution in [-0.2, 0) is 20.1 Å². The average molecular weight is 770 g/mol. The monoisotopic (exact) mass is 770 g/mol. The Bertz CT molecular complexity index is 2260. The minimum absolute atomic E-state index is 0. The smallest absolute Gasteiger partial charge is 0.158 e. The van der Waals surface area contributed by atoms with E-state index in [2.05, 4.69) is 82.9 Å². The van der Waals surface area contributed by atoms with Crippen LogP contribution in [0.25, 0.3) is 66.7 Å². The molecule has 8 aromatic rings. The molecule has 1 N–H and O–H groups in total. The van der Waals surface area contributed by atoms with Gasteiger partial charge in [0.25, 0.3) is 0 Å². The first-order valence-corrected chi connectivity index (χ1v) is 14.9. The Kier molecular flexibility index (Phi) is 8.02. The number of nitrogens with one attached hydrogen (secondary N) is 1. The molecule has 0 spiro atoms. The maximum atomic E-state index is 6.38. The minimum atomic E-state index is 0. The average Bonchev–Trinajstić information content (AvgIpc) is 3.49. The van der Waals surface area contributed by atoms with Crippen LogP contribution in [0.15, 0.2) is 144 Å². The molecule has 0 amide bonds. The van der Waals surface area contributed by atoms with Crippen molar-refractivity contribution in [2.45, 2.75) is 6.92 Å². The fourth-order valence-corrected chi connectivity index (χ4v) is 6.05. The van der Waals surface area contributed by atoms with Crippen molar-refractivity contribution in [3.8, 4) is 44.8 Å². The zero-order chi connectivity index (χ0) is 30.2. The molecule has 5 aromatic carbocycles. The molecule has 4 nitrogen and oxygen atoms in total. The van der Waals surface area contributed by atoms with E-state index in [1.807, 2.05) is 85.1 Å². The van der Waals surface area contributed by atoms with E-state index in [-0.39, 0.29) is 20.1 Å². The fraction of sp³-hybridized carbons (Fsp3) is 0.0244. The van der Waals surface area contributed by atoms with Gasteiger partial charge in [0.1, 0.15) is 5.58 Å². The number of pyridine rings is 2. The molecule has 0 atom stereocenters. The number of hydrogen-bond donors (Lipinski definition) is 1. The van der Waals surface area contributed by atoms with E-state index in [4.69, 9.17) is 4.42 Å². The van der Waals surface area contributed by atoms with Gasteiger partial charge >= 0.3 is 0 Å². The van der Waals surface area contributed by atoms with E-state index < -0.39 is 0 Å². The number of furan rings is 1. The molecule has 1 aliphatic rings. The Balaban J connectivity index is 0.000000220. The SMILES string of the molecule is Cc1c2cccc1-c1ccc3c(oc4ccccc43)c1Nc1c[c-]c(-c3ccccn3)cc1-2.[Ir].[c-]1ccccc1-c1ccccn1. The normalized spacial score (nSPS) is 11.2. The molecule has 0 saturated heterocycles. The second kappa shape index (κ2) is 12.6. The van der Waals surface area contributed by atoms with E-state index in [1.165, 1.54) is 16.7 Å². The van der Waals surface area contributed by atoms with Gasteiger partial charge in [-0.1, -0.05) is 72.3 Å². The predicted octanol–water partition coefficient (Wildman–Crippen LogP) is 10.7. The Morgan fingerprint density at radius 1 is 0.609 bits per heavy atom. The third-order valence-corrected chi connectivity index (χ3v) is 8.26. The van der Waals surface area contributed by atoms with Crippen LogP contribution in [0.3, 0.4) is 0 Å². The molecular formula is C41H27IrN3O-2. The summed E-state index contributed by atoms with van der Waals surface area (Å²) in [7, 11) is 0. The maximum Gasteiger partial charge on any atom is 0.158 e. The van der Waals surface area contributed by atoms with Gasteiger partial charge in [-0.3, -0.25) is 0 Å². The molecule has 1 aliphatic heterocycles. The third kappa shape index (κ3) is 5.30. The molecule has 1 radical (unpaired) electrons. The summed E-state index contributed by atoms with van der Waals surface area (Å²) in [6.45, 7) is 2.20. The van der Waals surface area contributed by atoms with Gasteiger partial charge in [0, 0.05) is 48.8 Å². The van der Waals surface area contributed by atoms with Crippen molar-refractivity contribution in [1.29, 1.82) is 0 Å². The van der Waals surface area contributed by atoms with Crippen LogP contribution in [0.4, 0.5) is 11.4 Å². The first-order valence-electron chi connectivity index (χ1n) is 14.9. The molecule has 2 bridgehead atoms. The Morgan fingerprint density at radius 3 is 2.07 bits per heavy atom. The summed E-state index contributed by atoms with van der Waals surface area (Å²) in [5, 5.41) is 5.96. The molecule has 0 saturated carbocycles. The number of para-hydroxylation sites is 1. The second-order valence-electron chi connectivity index (χ2n) is 10.9. The summed E-state index contributed by atoms with van der Waals surface area (Å²) in [6.07, 6.45) is 3.61. The van der Waals surface area contributed by atoms with Gasteiger partial charge in [-0.05, 0) is 65.0 Å². The van der Waals surface area contributed by atoms with Crippen LogP contribution in [0.2, 0.25) is 0 Å². The Morgan fingerprint density at radius 2 is 1.33 bits per heavy atom. The quantitative estimate of drug-likeness (QED) is 0.178. The maximum absolute atomic E-state index is 6.38. The molecule has 0 aliphatic carbocycles. The van der Waals surface area contributed by atoms with Crippen molar-refractivity contribution in [1.82, 2.24) is 9.97 Å². The Labute approximate surface area is 281 Å². The summed E-state index contributed by atoms with van der Waals surface area (Å²) in [6, 6.07) is 49.5. The van der Waals surface area contributed by atoms with E-state index >= 15 is 0 Å². The van der Waals surface area contributed by atoms with E-state index in [1.54, 1.807) is 6.20 Å². The molecule has 9 rings (SSSR count). The van der Waals surface area contributed by atoms with Crippen LogP contribution < -0.4 is 5.32 Å². The largest absolute Gasteiger partial charge is 0.454 e. The van der Waals surface area contributed by atoms with Gasteiger partial charge in [0.2, 0.25) is 0 Å². The van der Waals surface area contributed by atoms with Gasteiger partial charge in [-0.15, -0.1) is 59.7 Å². The van der Waals surface area contributed by atoms with E-state index in [0.717, 1.165) is 67.0 Å². The number of benzene rings is 5. The molecule has 0 fully saturated rings. The topological polar surface area (TPSA) is 51.0 Å². The van der Waals surface area contributed by atoms with Gasteiger partial charge in [-0.25, -0.2) is 0 Å². The van der Waals surface area contributed by atoms with Gasteiger partial charge in [0.05, 0.1) is 5.69 Å². The van der Waals surface area contributed by atoms with Crippen molar-refractivity contribution < 1.29 is 24.5 Å². The van der Waals surface area contributed by atoms with Crippen molar-refractivity contribution >= 4 is 33.3 Å². The molecular weight excluding hydrogens is 743 g/mol. The summed E-state index contributed by atoms with van der Waals surface area (Å²) in [4.78, 5) is 8.75. The number of fused-ring (bicyclic) bond motifs is 10. The standard InChI is InChI=1S/C30H19N2O.C11H8N.Ir/c1-18-20-8-6-9-21(18)25-17-19(26-10-4-5-16-31-26)12-15-27(25)32-29-23(20)13-14-24-22-7-2-3-11-28(22)33-30(24)29;1-2-6-10(7-3-1)11-8-4-5-9-12-11;/h2-11,13-17,32H,1H3;1-6,8-9H;/q2*-1;. The molecule has 5 heteroatoms. The summed E-state index contributed by atoms with van der Waals surface area (Å²) < 4.78 is 6.38. The van der Waals surface area contributed by atoms with Crippen molar-refractivity contribution in [3.63, 3.8) is 0 Å². The molecule has 0 unspecified atom stereocenters. The van der Waals surface area contributed by atoms with Crippen LogP contribution in [0, 0.1) is 19.1 Å². The minimum Gasteiger partial charge on any atom is -0.454 e. The Hall–Kier alpha value is -5.35. The number of aromatic nitrogens is 2. The van der Waals surface area contributed by atoms with Crippen molar-refractivity contribution in [2.75, 3.05) is 5.32 Å². The van der Waals surface area contributed by atoms with Gasteiger partial charge in [0.15, 0.2) is 5.58 Å². The number of anilines is 2. The van der Waals surface area contributed by atoms with Crippen molar-refractivity contribution in [3.05, 3.63) is 157 Å². The molecule has 223 valence electrons. The molecule has 3 aromatic heterocycles. The van der Waals surface area contributed by atoms with E-state index in [0.29, 0.717) is 0 Å². The van der Waals surface area contributed by atoms with Crippen LogP contribution >= 0.6 is 0 Å². The number of rotatable bonds is 2. The van der Waals surface area contributed by atoms with Crippen LogP contribution in [0.5, 0.6) is 0 Å². The fourth-order valence-electron chi connectivity index (χ4n) is 6.05. The second-order valence-corrected chi connectivity index (χ2v) is 10.9. The molecule has 4 heterocycles. The van der Waals surface area contributed by atoms with Gasteiger partial charge < -0.3 is 19.7 Å². The number of hydrogen-bond acceptors (Lipinski definition) is 4. The van der Waals surface area contributed by atoms with E-state index in [9.17, 15) is 0 Å². The number of nitrogens with zero attached hydrogens (tertiary/aromatic N) is 2. The first-order chi connectivity index (χ1) is 22.2. The summed E-state index contributed by atoms with van der Waals surface area (Å²) >= 11 is 0. The first kappa shape index (κ1) is 29.4. The van der Waals surface area contributed by atoms with Gasteiger partial charge in [-0.2, -0.15) is 0 Å². The van der Waals surface area contributed by atoms with Crippen LogP contribution in [-0.4, -0.2) is 9.97 Å². The van der Waals surface area contributed by atoms with Crippen LogP contribution in [0.1, 0.15) is 5.56 Å². The zero-order valence-electron chi connectivity index (χ0n) is 24.9. The summed E-state index contributed by atoms with van der Waals surface area (Å²) in [5.41, 5.74) is 13.6.